The number of benzene rings is 1. The van der Waals surface area contributed by atoms with E-state index in [2.05, 4.69) is 0 Å². The molecule has 6 heteroatoms. The molecule has 82 valence electrons. The Kier molecular flexibility index (Phi) is 2.61. The molecule has 0 aliphatic carbocycles. The molecule has 1 aromatic heterocycles. The maximum absolute atomic E-state index is 11.7. The number of rotatable bonds is 1. The number of carbonyl (C=O) groups is 1. The number of carboxylic acids is 1. The molecule has 0 aliphatic rings. The molecule has 1 N–H and O–H groups in total. The van der Waals surface area contributed by atoms with Gasteiger partial charge in [-0.05, 0) is 12.1 Å². The molecule has 0 fully saturated rings. The van der Waals surface area contributed by atoms with E-state index < -0.39 is 17.0 Å². The quantitative estimate of drug-likeness (QED) is 0.854. The van der Waals surface area contributed by atoms with Crippen LogP contribution in [0.5, 0.6) is 0 Å². The molecule has 0 bridgehead atoms. The average Bonchev–Trinajstić information content (AvgIpc) is 2.19. The summed E-state index contributed by atoms with van der Waals surface area (Å²) in [7, 11) is 0. The average molecular weight is 259 g/mol. The van der Waals surface area contributed by atoms with Crippen molar-refractivity contribution in [2.75, 3.05) is 0 Å². The van der Waals surface area contributed by atoms with Crippen LogP contribution < -0.4 is 5.43 Å². The molecule has 2 rings (SSSR count). The molecule has 0 spiro atoms. The van der Waals surface area contributed by atoms with Crippen LogP contribution in [0, 0.1) is 0 Å². The van der Waals surface area contributed by atoms with E-state index in [-0.39, 0.29) is 21.0 Å². The number of hydrogen-bond donors (Lipinski definition) is 1. The van der Waals surface area contributed by atoms with Crippen LogP contribution in [0.1, 0.15) is 10.4 Å². The smallest absolute Gasteiger partial charge is 0.342 e. The fraction of sp³-hybridized carbons (Fsp3) is 0. The molecule has 0 amide bonds. The van der Waals surface area contributed by atoms with Crippen molar-refractivity contribution in [1.82, 2.24) is 0 Å². The molecule has 16 heavy (non-hydrogen) atoms. The lowest BCUT2D eigenvalue weighted by Crippen LogP contribution is -2.14. The number of carboxylic acid groups (broad SMARTS) is 1. The Hall–Kier alpha value is -1.52. The molecule has 0 atom stereocenters. The fourth-order valence-corrected chi connectivity index (χ4v) is 1.85. The van der Waals surface area contributed by atoms with Gasteiger partial charge in [0.2, 0.25) is 5.43 Å². The van der Waals surface area contributed by atoms with Gasteiger partial charge in [0.05, 0.1) is 10.4 Å². The Balaban J connectivity index is 2.95. The van der Waals surface area contributed by atoms with Gasteiger partial charge in [0.25, 0.3) is 0 Å². The van der Waals surface area contributed by atoms with Crippen LogP contribution in [0.25, 0.3) is 11.0 Å². The Morgan fingerprint density at radius 1 is 1.31 bits per heavy atom. The van der Waals surface area contributed by atoms with Gasteiger partial charge in [-0.3, -0.25) is 4.79 Å². The SMILES string of the molecule is O=C(O)c1coc2c(Cl)cc(Cl)cc2c1=O. The van der Waals surface area contributed by atoms with E-state index in [1.54, 1.807) is 0 Å². The van der Waals surface area contributed by atoms with E-state index in [0.29, 0.717) is 0 Å². The number of fused-ring (bicyclic) bond motifs is 1. The summed E-state index contributed by atoms with van der Waals surface area (Å²) in [6, 6.07) is 2.73. The zero-order valence-electron chi connectivity index (χ0n) is 7.66. The minimum Gasteiger partial charge on any atom is -0.477 e. The van der Waals surface area contributed by atoms with E-state index >= 15 is 0 Å². The zero-order chi connectivity index (χ0) is 11.9. The van der Waals surface area contributed by atoms with Crippen LogP contribution in [0.4, 0.5) is 0 Å². The third kappa shape index (κ3) is 1.66. The fourth-order valence-electron chi connectivity index (χ4n) is 1.31. The largest absolute Gasteiger partial charge is 0.477 e. The van der Waals surface area contributed by atoms with E-state index in [4.69, 9.17) is 32.7 Å². The summed E-state index contributed by atoms with van der Waals surface area (Å²) in [5, 5.41) is 9.20. The van der Waals surface area contributed by atoms with Crippen LogP contribution in [0.3, 0.4) is 0 Å². The van der Waals surface area contributed by atoms with E-state index in [9.17, 15) is 9.59 Å². The van der Waals surface area contributed by atoms with Gasteiger partial charge in [-0.15, -0.1) is 0 Å². The van der Waals surface area contributed by atoms with Crippen molar-refractivity contribution in [2.45, 2.75) is 0 Å². The predicted octanol–water partition coefficient (Wildman–Crippen LogP) is 2.80. The van der Waals surface area contributed by atoms with Crippen molar-refractivity contribution in [3.63, 3.8) is 0 Å². The van der Waals surface area contributed by atoms with Gasteiger partial charge in [0.1, 0.15) is 11.8 Å². The summed E-state index contributed by atoms with van der Waals surface area (Å²) in [4.78, 5) is 22.4. The summed E-state index contributed by atoms with van der Waals surface area (Å²) in [5.41, 5.74) is -0.995. The summed E-state index contributed by atoms with van der Waals surface area (Å²) in [5.74, 6) is -1.35. The Morgan fingerprint density at radius 3 is 2.62 bits per heavy atom. The second kappa shape index (κ2) is 3.81. The van der Waals surface area contributed by atoms with Crippen molar-refractivity contribution >= 4 is 40.1 Å². The van der Waals surface area contributed by atoms with Crippen molar-refractivity contribution in [3.05, 3.63) is 44.2 Å². The minimum atomic E-state index is -1.35. The molecule has 4 nitrogen and oxygen atoms in total. The van der Waals surface area contributed by atoms with Crippen molar-refractivity contribution < 1.29 is 14.3 Å². The van der Waals surface area contributed by atoms with E-state index in [1.165, 1.54) is 12.1 Å². The van der Waals surface area contributed by atoms with E-state index in [0.717, 1.165) is 6.26 Å². The second-order valence-electron chi connectivity index (χ2n) is 3.05. The van der Waals surface area contributed by atoms with Crippen molar-refractivity contribution in [3.8, 4) is 0 Å². The number of halogens is 2. The molecule has 2 aromatic rings. The zero-order valence-corrected chi connectivity index (χ0v) is 9.17. The molecule has 0 saturated heterocycles. The second-order valence-corrected chi connectivity index (χ2v) is 3.89. The summed E-state index contributed by atoms with van der Waals surface area (Å²) >= 11 is 11.5. The molecule has 0 aliphatic heterocycles. The van der Waals surface area contributed by atoms with Gasteiger partial charge in [0.15, 0.2) is 5.58 Å². The van der Waals surface area contributed by atoms with Gasteiger partial charge in [-0.2, -0.15) is 0 Å². The van der Waals surface area contributed by atoms with Gasteiger partial charge >= 0.3 is 5.97 Å². The van der Waals surface area contributed by atoms with Crippen molar-refractivity contribution in [2.24, 2.45) is 0 Å². The third-order valence-corrected chi connectivity index (χ3v) is 2.52. The Labute approximate surface area is 99.0 Å². The van der Waals surface area contributed by atoms with Crippen LogP contribution in [-0.4, -0.2) is 11.1 Å². The lowest BCUT2D eigenvalue weighted by Gasteiger charge is -2.01. The van der Waals surface area contributed by atoms with Gasteiger partial charge in [0, 0.05) is 5.02 Å². The molecular formula is C10H4Cl2O4. The molecule has 1 aromatic carbocycles. The highest BCUT2D eigenvalue weighted by Gasteiger charge is 2.15. The summed E-state index contributed by atoms with van der Waals surface area (Å²) in [6.45, 7) is 0. The van der Waals surface area contributed by atoms with Crippen molar-refractivity contribution in [1.29, 1.82) is 0 Å². The van der Waals surface area contributed by atoms with Crippen LogP contribution >= 0.6 is 23.2 Å². The first-order valence-electron chi connectivity index (χ1n) is 4.14. The summed E-state index contributed by atoms with van der Waals surface area (Å²) in [6.07, 6.45) is 0.868. The Morgan fingerprint density at radius 2 is 2.00 bits per heavy atom. The summed E-state index contributed by atoms with van der Waals surface area (Å²) < 4.78 is 5.00. The molecule has 0 saturated carbocycles. The highest BCUT2D eigenvalue weighted by atomic mass is 35.5. The highest BCUT2D eigenvalue weighted by Crippen LogP contribution is 2.26. The third-order valence-electron chi connectivity index (χ3n) is 2.02. The molecular weight excluding hydrogens is 255 g/mol. The minimum absolute atomic E-state index is 0.0531. The lowest BCUT2D eigenvalue weighted by atomic mass is 10.2. The molecule has 0 radical (unpaired) electrons. The normalized spacial score (nSPS) is 10.6. The highest BCUT2D eigenvalue weighted by molar-refractivity contribution is 6.38. The topological polar surface area (TPSA) is 67.5 Å². The molecule has 0 unspecified atom stereocenters. The molecule has 1 heterocycles. The first-order chi connectivity index (χ1) is 7.50. The first kappa shape index (κ1) is 11.0. The van der Waals surface area contributed by atoms with Crippen LogP contribution in [-0.2, 0) is 0 Å². The Bertz CT molecular complexity index is 645. The monoisotopic (exact) mass is 258 g/mol. The standard InChI is InChI=1S/C10H4Cl2O4/c11-4-1-5-8(13)6(10(14)15)3-16-9(5)7(12)2-4/h1-3H,(H,14,15). The van der Waals surface area contributed by atoms with Crippen LogP contribution in [0.15, 0.2) is 27.6 Å². The van der Waals surface area contributed by atoms with Gasteiger partial charge < -0.3 is 9.52 Å². The maximum Gasteiger partial charge on any atom is 0.342 e. The number of aromatic carboxylic acids is 1. The van der Waals surface area contributed by atoms with E-state index in [1.807, 2.05) is 0 Å². The first-order valence-corrected chi connectivity index (χ1v) is 4.90. The van der Waals surface area contributed by atoms with Crippen LogP contribution in [0.2, 0.25) is 10.0 Å². The predicted molar refractivity (Wildman–Crippen MR) is 59.5 cm³/mol. The lowest BCUT2D eigenvalue weighted by molar-refractivity contribution is 0.0693. The van der Waals surface area contributed by atoms with Gasteiger partial charge in [-0.25, -0.2) is 4.79 Å². The number of hydrogen-bond acceptors (Lipinski definition) is 3. The maximum atomic E-state index is 11.7. The van der Waals surface area contributed by atoms with Gasteiger partial charge in [-0.1, -0.05) is 23.2 Å².